The molecule has 2 unspecified atom stereocenters. The van der Waals surface area contributed by atoms with Crippen LogP contribution in [-0.4, -0.2) is 47.2 Å². The summed E-state index contributed by atoms with van der Waals surface area (Å²) >= 11 is 0. The van der Waals surface area contributed by atoms with E-state index in [-0.39, 0.29) is 35.6 Å². The average molecular weight is 641 g/mol. The van der Waals surface area contributed by atoms with Crippen LogP contribution in [0.1, 0.15) is 82.1 Å². The predicted molar refractivity (Wildman–Crippen MR) is 196 cm³/mol. The SMILES string of the molecule is CC1=C(/C=C/C(C)=C/C=C/C(C)=C/C=C/C=C(C)/C=C/C=C(C)/C=C/C2=C(C)C(=O)C(OCCO)CC2(C)C)C(C)(C)CC(O)C1=O. The number of aliphatic hydroxyl groups excluding tert-OH is 2. The van der Waals surface area contributed by atoms with Gasteiger partial charge in [0.15, 0.2) is 11.6 Å². The van der Waals surface area contributed by atoms with Crippen molar-refractivity contribution < 1.29 is 24.5 Å². The van der Waals surface area contributed by atoms with Gasteiger partial charge < -0.3 is 14.9 Å². The Kier molecular flexibility index (Phi) is 15.2. The van der Waals surface area contributed by atoms with Crippen LogP contribution in [0.2, 0.25) is 0 Å². The van der Waals surface area contributed by atoms with Crippen molar-refractivity contribution in [1.29, 1.82) is 0 Å². The Hall–Kier alpha value is -3.64. The molecule has 5 heteroatoms. The maximum Gasteiger partial charge on any atom is 0.187 e. The lowest BCUT2D eigenvalue weighted by Gasteiger charge is -2.36. The van der Waals surface area contributed by atoms with E-state index >= 15 is 0 Å². The molecule has 2 atom stereocenters. The number of carbonyl (C=O) groups is 2. The zero-order valence-corrected chi connectivity index (χ0v) is 30.2. The minimum Gasteiger partial charge on any atom is -0.394 e. The Bertz CT molecular complexity index is 1500. The third kappa shape index (κ3) is 12.2. The zero-order chi connectivity index (χ0) is 35.4. The number of ether oxygens (including phenoxy) is 1. The molecule has 0 aromatic carbocycles. The van der Waals surface area contributed by atoms with Crippen LogP contribution >= 0.6 is 0 Å². The summed E-state index contributed by atoms with van der Waals surface area (Å²) in [6, 6.07) is 0. The van der Waals surface area contributed by atoms with Crippen molar-refractivity contribution in [1.82, 2.24) is 0 Å². The van der Waals surface area contributed by atoms with Crippen molar-refractivity contribution in [2.75, 3.05) is 13.2 Å². The highest BCUT2D eigenvalue weighted by molar-refractivity contribution is 6.01. The van der Waals surface area contributed by atoms with Crippen LogP contribution in [-0.2, 0) is 14.3 Å². The highest BCUT2D eigenvalue weighted by Crippen LogP contribution is 2.41. The van der Waals surface area contributed by atoms with Gasteiger partial charge in [-0.2, -0.15) is 0 Å². The maximum absolute atomic E-state index is 12.8. The monoisotopic (exact) mass is 640 g/mol. The molecule has 2 N–H and O–H groups in total. The number of hydrogen-bond acceptors (Lipinski definition) is 5. The molecule has 2 aliphatic rings. The minimum absolute atomic E-state index is 0.000339. The summed E-state index contributed by atoms with van der Waals surface area (Å²) < 4.78 is 5.59. The second kappa shape index (κ2) is 18.1. The molecular formula is C42H56O5. The Morgan fingerprint density at radius 3 is 1.55 bits per heavy atom. The molecule has 5 nitrogen and oxygen atoms in total. The predicted octanol–water partition coefficient (Wildman–Crippen LogP) is 8.92. The normalized spacial score (nSPS) is 23.7. The first-order valence-corrected chi connectivity index (χ1v) is 16.5. The van der Waals surface area contributed by atoms with Gasteiger partial charge in [-0.15, -0.1) is 0 Å². The van der Waals surface area contributed by atoms with E-state index in [9.17, 15) is 14.7 Å². The first-order valence-electron chi connectivity index (χ1n) is 16.5. The van der Waals surface area contributed by atoms with Crippen LogP contribution in [0.5, 0.6) is 0 Å². The largest absolute Gasteiger partial charge is 0.394 e. The third-order valence-corrected chi connectivity index (χ3v) is 8.70. The summed E-state index contributed by atoms with van der Waals surface area (Å²) in [6.07, 6.45) is 28.2. The van der Waals surface area contributed by atoms with Gasteiger partial charge in [0.25, 0.3) is 0 Å². The maximum atomic E-state index is 12.8. The van der Waals surface area contributed by atoms with E-state index in [4.69, 9.17) is 9.84 Å². The first kappa shape index (κ1) is 39.5. The van der Waals surface area contributed by atoms with Gasteiger partial charge in [0.2, 0.25) is 0 Å². The summed E-state index contributed by atoms with van der Waals surface area (Å²) in [6.45, 7) is 20.3. The van der Waals surface area contributed by atoms with E-state index in [1.807, 2.05) is 75.5 Å². The van der Waals surface area contributed by atoms with Crippen LogP contribution < -0.4 is 0 Å². The molecule has 0 saturated carbocycles. The topological polar surface area (TPSA) is 83.8 Å². The lowest BCUT2D eigenvalue weighted by Crippen LogP contribution is -2.38. The van der Waals surface area contributed by atoms with Crippen LogP contribution in [0.4, 0.5) is 0 Å². The van der Waals surface area contributed by atoms with E-state index in [1.165, 1.54) is 0 Å². The highest BCUT2D eigenvalue weighted by atomic mass is 16.5. The van der Waals surface area contributed by atoms with E-state index in [0.29, 0.717) is 18.4 Å². The quantitative estimate of drug-likeness (QED) is 0.196. The van der Waals surface area contributed by atoms with Gasteiger partial charge in [0.1, 0.15) is 12.2 Å². The van der Waals surface area contributed by atoms with Crippen molar-refractivity contribution >= 4 is 11.6 Å². The molecule has 0 amide bonds. The molecule has 0 bridgehead atoms. The van der Waals surface area contributed by atoms with Crippen molar-refractivity contribution in [2.45, 2.75) is 94.3 Å². The number of carbonyl (C=O) groups excluding carboxylic acids is 2. The van der Waals surface area contributed by atoms with Crippen molar-refractivity contribution in [2.24, 2.45) is 10.8 Å². The van der Waals surface area contributed by atoms with Gasteiger partial charge >= 0.3 is 0 Å². The van der Waals surface area contributed by atoms with Crippen molar-refractivity contribution in [3.05, 3.63) is 130 Å². The molecule has 0 heterocycles. The zero-order valence-electron chi connectivity index (χ0n) is 30.2. The van der Waals surface area contributed by atoms with E-state index < -0.39 is 12.2 Å². The summed E-state index contributed by atoms with van der Waals surface area (Å²) in [7, 11) is 0. The average Bonchev–Trinajstić information content (AvgIpc) is 2.98. The number of Topliss-reactive ketones (excluding diaryl/α,β-unsaturated/α-hetero) is 2. The highest BCUT2D eigenvalue weighted by Gasteiger charge is 2.38. The molecule has 0 fully saturated rings. The van der Waals surface area contributed by atoms with Gasteiger partial charge in [-0.05, 0) is 87.5 Å². The van der Waals surface area contributed by atoms with Gasteiger partial charge in [0.05, 0.1) is 13.2 Å². The van der Waals surface area contributed by atoms with Crippen LogP contribution in [0, 0.1) is 10.8 Å². The summed E-state index contributed by atoms with van der Waals surface area (Å²) in [5.74, 6) is -0.176. The molecule has 254 valence electrons. The fourth-order valence-electron chi connectivity index (χ4n) is 5.92. The Morgan fingerprint density at radius 2 is 1.09 bits per heavy atom. The van der Waals surface area contributed by atoms with Gasteiger partial charge in [-0.1, -0.05) is 135 Å². The van der Waals surface area contributed by atoms with Crippen LogP contribution in [0.15, 0.2) is 130 Å². The van der Waals surface area contributed by atoms with Crippen LogP contribution in [0.25, 0.3) is 0 Å². The number of allylic oxidation sites excluding steroid dienone is 20. The lowest BCUT2D eigenvalue weighted by atomic mass is 9.71. The second-order valence-electron chi connectivity index (χ2n) is 14.0. The molecule has 0 aromatic rings. The number of aliphatic hydroxyl groups is 2. The molecule has 0 radical (unpaired) electrons. The number of hydrogen-bond donors (Lipinski definition) is 2. The Morgan fingerprint density at radius 1 is 0.681 bits per heavy atom. The Labute approximate surface area is 283 Å². The standard InChI is InChI=1S/C42H56O5/c1-29(17-13-19-31(3)21-23-35-33(5)39(45)37(44)27-41(35,7)8)15-11-12-16-30(2)18-14-20-32(4)22-24-36-34(6)40(46)38(47-26-25-43)28-42(36,9)10/h11-24,37-38,43-44H,25-28H2,1-10H3/b12-11+,17-13+,18-14+,23-21+,24-22+,29-15+,30-16+,31-19+,32-20+. The molecule has 0 aliphatic heterocycles. The summed E-state index contributed by atoms with van der Waals surface area (Å²) in [5, 5.41) is 19.1. The van der Waals surface area contributed by atoms with Crippen molar-refractivity contribution in [3.63, 3.8) is 0 Å². The molecule has 47 heavy (non-hydrogen) atoms. The van der Waals surface area contributed by atoms with Crippen LogP contribution in [0.3, 0.4) is 0 Å². The smallest absolute Gasteiger partial charge is 0.187 e. The van der Waals surface area contributed by atoms with E-state index in [0.717, 1.165) is 39.0 Å². The van der Waals surface area contributed by atoms with Gasteiger partial charge in [0, 0.05) is 0 Å². The fourth-order valence-corrected chi connectivity index (χ4v) is 5.92. The van der Waals surface area contributed by atoms with E-state index in [1.54, 1.807) is 6.92 Å². The Balaban J connectivity index is 1.96. The number of ketones is 2. The van der Waals surface area contributed by atoms with Crippen molar-refractivity contribution in [3.8, 4) is 0 Å². The molecular weight excluding hydrogens is 584 g/mol. The molecule has 2 aliphatic carbocycles. The second-order valence-corrected chi connectivity index (χ2v) is 14.0. The molecule has 0 saturated heterocycles. The molecule has 2 rings (SSSR count). The number of rotatable bonds is 13. The third-order valence-electron chi connectivity index (χ3n) is 8.70. The lowest BCUT2D eigenvalue weighted by molar-refractivity contribution is -0.130. The van der Waals surface area contributed by atoms with Gasteiger partial charge in [-0.25, -0.2) is 0 Å². The summed E-state index contributed by atoms with van der Waals surface area (Å²) in [4.78, 5) is 25.0. The van der Waals surface area contributed by atoms with Gasteiger partial charge in [-0.3, -0.25) is 9.59 Å². The molecule has 0 spiro atoms. The minimum atomic E-state index is -0.909. The molecule has 0 aromatic heterocycles. The fraction of sp³-hybridized carbons (Fsp3) is 0.429. The van der Waals surface area contributed by atoms with E-state index in [2.05, 4.69) is 71.9 Å². The summed E-state index contributed by atoms with van der Waals surface area (Å²) in [5.41, 5.74) is 7.32. The first-order chi connectivity index (χ1) is 22.0.